The van der Waals surface area contributed by atoms with Gasteiger partial charge in [-0.2, -0.15) is 0 Å². The van der Waals surface area contributed by atoms with Gasteiger partial charge in [-0.15, -0.1) is 0 Å². The Kier molecular flexibility index (Phi) is 6.32. The molecular formula is C23H21FN2O4. The second-order valence-corrected chi connectivity index (χ2v) is 6.62. The van der Waals surface area contributed by atoms with Crippen LogP contribution in [0.1, 0.15) is 31.8 Å². The Hall–Kier alpha value is -3.87. The molecule has 6 nitrogen and oxygen atoms in total. The smallest absolute Gasteiger partial charge is 0.258 e. The van der Waals surface area contributed by atoms with E-state index in [1.807, 2.05) is 0 Å². The number of aromatic hydroxyl groups is 1. The standard InChI is InChI=1S/C23H21FN2O4/c1-14-6-5-8-17(21(14)26-23(29)16-7-3-4-9-18(16)24)22(28)25-13-15-10-11-20(30-2)19(27)12-15/h3-12,27H,13H2,1-2H3,(H,25,28)(H,26,29). The van der Waals surface area contributed by atoms with Crippen molar-refractivity contribution in [2.75, 3.05) is 12.4 Å². The van der Waals surface area contributed by atoms with Gasteiger partial charge in [-0.05, 0) is 48.4 Å². The Labute approximate surface area is 173 Å². The van der Waals surface area contributed by atoms with Crippen LogP contribution >= 0.6 is 0 Å². The lowest BCUT2D eigenvalue weighted by atomic mass is 10.1. The summed E-state index contributed by atoms with van der Waals surface area (Å²) >= 11 is 0. The largest absolute Gasteiger partial charge is 0.504 e. The van der Waals surface area contributed by atoms with Crippen LogP contribution in [0.3, 0.4) is 0 Å². The fourth-order valence-corrected chi connectivity index (χ4v) is 2.97. The monoisotopic (exact) mass is 408 g/mol. The minimum absolute atomic E-state index is 0.0300. The molecule has 0 bridgehead atoms. The second kappa shape index (κ2) is 9.09. The number of carbonyl (C=O) groups is 2. The molecule has 0 aliphatic carbocycles. The molecule has 3 aromatic rings. The maximum absolute atomic E-state index is 13.9. The highest BCUT2D eigenvalue weighted by Gasteiger charge is 2.18. The highest BCUT2D eigenvalue weighted by atomic mass is 19.1. The number of aryl methyl sites for hydroxylation is 1. The van der Waals surface area contributed by atoms with Crippen LogP contribution in [0.5, 0.6) is 11.5 Å². The molecule has 30 heavy (non-hydrogen) atoms. The molecule has 0 atom stereocenters. The number of nitrogens with one attached hydrogen (secondary N) is 2. The van der Waals surface area contributed by atoms with Gasteiger partial charge in [-0.3, -0.25) is 9.59 Å². The van der Waals surface area contributed by atoms with Gasteiger partial charge in [-0.1, -0.05) is 30.3 Å². The van der Waals surface area contributed by atoms with Crippen LogP contribution in [-0.4, -0.2) is 24.0 Å². The third kappa shape index (κ3) is 4.57. The quantitative estimate of drug-likeness (QED) is 0.575. The van der Waals surface area contributed by atoms with E-state index in [4.69, 9.17) is 4.74 Å². The molecule has 0 unspecified atom stereocenters. The van der Waals surface area contributed by atoms with Crippen LogP contribution in [0.2, 0.25) is 0 Å². The fourth-order valence-electron chi connectivity index (χ4n) is 2.97. The molecule has 0 spiro atoms. The molecule has 0 saturated carbocycles. The topological polar surface area (TPSA) is 87.7 Å². The summed E-state index contributed by atoms with van der Waals surface area (Å²) in [5, 5.41) is 15.3. The third-order valence-electron chi connectivity index (χ3n) is 4.57. The number of halogens is 1. The normalized spacial score (nSPS) is 10.4. The maximum atomic E-state index is 13.9. The van der Waals surface area contributed by atoms with Crippen molar-refractivity contribution in [2.24, 2.45) is 0 Å². The highest BCUT2D eigenvalue weighted by molar-refractivity contribution is 6.09. The first-order valence-corrected chi connectivity index (χ1v) is 9.20. The summed E-state index contributed by atoms with van der Waals surface area (Å²) in [5.41, 5.74) is 1.78. The number of ether oxygens (including phenoxy) is 1. The number of para-hydroxylation sites is 1. The molecule has 0 aromatic heterocycles. The van der Waals surface area contributed by atoms with E-state index in [0.29, 0.717) is 22.6 Å². The van der Waals surface area contributed by atoms with Gasteiger partial charge in [0.1, 0.15) is 5.82 Å². The van der Waals surface area contributed by atoms with E-state index < -0.39 is 17.6 Å². The summed E-state index contributed by atoms with van der Waals surface area (Å²) in [7, 11) is 1.45. The van der Waals surface area contributed by atoms with E-state index in [9.17, 15) is 19.1 Å². The van der Waals surface area contributed by atoms with Crippen LogP contribution in [0.25, 0.3) is 0 Å². The number of rotatable bonds is 6. The average Bonchev–Trinajstić information content (AvgIpc) is 2.73. The van der Waals surface area contributed by atoms with E-state index in [1.54, 1.807) is 43.3 Å². The van der Waals surface area contributed by atoms with Crippen molar-refractivity contribution < 1.29 is 23.8 Å². The zero-order chi connectivity index (χ0) is 21.7. The molecular weight excluding hydrogens is 387 g/mol. The number of amides is 2. The number of hydrogen-bond acceptors (Lipinski definition) is 4. The van der Waals surface area contributed by atoms with E-state index in [-0.39, 0.29) is 23.4 Å². The van der Waals surface area contributed by atoms with Crippen molar-refractivity contribution in [3.63, 3.8) is 0 Å². The van der Waals surface area contributed by atoms with Gasteiger partial charge in [-0.25, -0.2) is 4.39 Å². The van der Waals surface area contributed by atoms with Crippen molar-refractivity contribution in [1.82, 2.24) is 5.32 Å². The molecule has 7 heteroatoms. The zero-order valence-electron chi connectivity index (χ0n) is 16.5. The first-order chi connectivity index (χ1) is 14.4. The lowest BCUT2D eigenvalue weighted by Crippen LogP contribution is -2.25. The number of hydrogen-bond donors (Lipinski definition) is 3. The van der Waals surface area contributed by atoms with Gasteiger partial charge in [0.2, 0.25) is 0 Å². The van der Waals surface area contributed by atoms with Gasteiger partial charge >= 0.3 is 0 Å². The number of methoxy groups -OCH3 is 1. The molecule has 0 aliphatic rings. The minimum atomic E-state index is -0.645. The molecule has 0 fully saturated rings. The van der Waals surface area contributed by atoms with Crippen molar-refractivity contribution >= 4 is 17.5 Å². The van der Waals surface area contributed by atoms with Gasteiger partial charge in [0.15, 0.2) is 11.5 Å². The minimum Gasteiger partial charge on any atom is -0.504 e. The number of phenolic OH excluding ortho intramolecular Hbond substituents is 1. The molecule has 3 N–H and O–H groups in total. The first-order valence-electron chi connectivity index (χ1n) is 9.20. The summed E-state index contributed by atoms with van der Waals surface area (Å²) < 4.78 is 18.9. The van der Waals surface area contributed by atoms with Crippen LogP contribution in [0, 0.1) is 12.7 Å². The Morgan fingerprint density at radius 3 is 2.43 bits per heavy atom. The van der Waals surface area contributed by atoms with E-state index >= 15 is 0 Å². The van der Waals surface area contributed by atoms with Gasteiger partial charge in [0.05, 0.1) is 23.9 Å². The summed E-state index contributed by atoms with van der Waals surface area (Å²) in [6, 6.07) is 15.5. The maximum Gasteiger partial charge on any atom is 0.258 e. The number of anilines is 1. The Morgan fingerprint density at radius 1 is 1.00 bits per heavy atom. The SMILES string of the molecule is COc1ccc(CNC(=O)c2cccc(C)c2NC(=O)c2ccccc2F)cc1O. The molecule has 154 valence electrons. The molecule has 3 rings (SSSR count). The molecule has 0 radical (unpaired) electrons. The van der Waals surface area contributed by atoms with Crippen molar-refractivity contribution in [2.45, 2.75) is 13.5 Å². The summed E-state index contributed by atoms with van der Waals surface area (Å²) in [4.78, 5) is 25.3. The number of phenols is 1. The Bertz CT molecular complexity index is 1100. The third-order valence-corrected chi connectivity index (χ3v) is 4.57. The van der Waals surface area contributed by atoms with Gasteiger partial charge < -0.3 is 20.5 Å². The van der Waals surface area contributed by atoms with Crippen molar-refractivity contribution in [1.29, 1.82) is 0 Å². The molecule has 2 amide bonds. The number of benzene rings is 3. The molecule has 0 aliphatic heterocycles. The van der Waals surface area contributed by atoms with Gasteiger partial charge in [0.25, 0.3) is 11.8 Å². The second-order valence-electron chi connectivity index (χ2n) is 6.62. The fraction of sp³-hybridized carbons (Fsp3) is 0.130. The van der Waals surface area contributed by atoms with Crippen molar-refractivity contribution in [3.8, 4) is 11.5 Å². The summed E-state index contributed by atoms with van der Waals surface area (Å²) in [5.74, 6) is -1.40. The van der Waals surface area contributed by atoms with Crippen LogP contribution in [0.4, 0.5) is 10.1 Å². The molecule has 0 heterocycles. The number of carbonyl (C=O) groups excluding carboxylic acids is 2. The van der Waals surface area contributed by atoms with Crippen LogP contribution in [0.15, 0.2) is 60.7 Å². The van der Waals surface area contributed by atoms with Crippen LogP contribution < -0.4 is 15.4 Å². The summed E-state index contributed by atoms with van der Waals surface area (Å²) in [6.07, 6.45) is 0. The first kappa shape index (κ1) is 20.9. The van der Waals surface area contributed by atoms with Crippen LogP contribution in [-0.2, 0) is 6.54 Å². The Balaban J connectivity index is 1.78. The van der Waals surface area contributed by atoms with Gasteiger partial charge in [0, 0.05) is 6.54 Å². The highest BCUT2D eigenvalue weighted by Crippen LogP contribution is 2.26. The lowest BCUT2D eigenvalue weighted by molar-refractivity contribution is 0.0951. The molecule has 0 saturated heterocycles. The zero-order valence-corrected chi connectivity index (χ0v) is 16.5. The Morgan fingerprint density at radius 2 is 1.73 bits per heavy atom. The van der Waals surface area contributed by atoms with E-state index in [1.165, 1.54) is 31.4 Å². The predicted molar refractivity (Wildman–Crippen MR) is 111 cm³/mol. The predicted octanol–water partition coefficient (Wildman–Crippen LogP) is 4.03. The molecule has 3 aromatic carbocycles. The van der Waals surface area contributed by atoms with E-state index in [2.05, 4.69) is 10.6 Å². The van der Waals surface area contributed by atoms with E-state index in [0.717, 1.165) is 0 Å². The lowest BCUT2D eigenvalue weighted by Gasteiger charge is -2.14. The average molecular weight is 408 g/mol. The van der Waals surface area contributed by atoms with Crippen molar-refractivity contribution in [3.05, 3.63) is 88.7 Å². The summed E-state index contributed by atoms with van der Waals surface area (Å²) in [6.45, 7) is 1.90.